The van der Waals surface area contributed by atoms with Crippen LogP contribution in [0.1, 0.15) is 12.8 Å². The Kier molecular flexibility index (Phi) is 3.45. The number of nitrogens with zero attached hydrogens (tertiary/aromatic N) is 1. The zero-order chi connectivity index (χ0) is 13.9. The first-order valence-corrected chi connectivity index (χ1v) is 6.81. The van der Waals surface area contributed by atoms with Gasteiger partial charge >= 0.3 is 12.1 Å². The van der Waals surface area contributed by atoms with Crippen molar-refractivity contribution in [3.8, 4) is 0 Å². The Bertz CT molecular complexity index is 511. The van der Waals surface area contributed by atoms with E-state index in [0.29, 0.717) is 24.8 Å². The van der Waals surface area contributed by atoms with Crippen molar-refractivity contribution in [2.45, 2.75) is 12.8 Å². The molecule has 0 bridgehead atoms. The number of carbonyl (C=O) groups is 2. The van der Waals surface area contributed by atoms with Crippen LogP contribution in [0.25, 0.3) is 0 Å². The summed E-state index contributed by atoms with van der Waals surface area (Å²) in [5, 5.41) is 5.60. The fourth-order valence-corrected chi connectivity index (χ4v) is 2.09. The van der Waals surface area contributed by atoms with Gasteiger partial charge in [0, 0.05) is 17.9 Å². The predicted molar refractivity (Wildman–Crippen MR) is 74.9 cm³/mol. The molecule has 1 saturated carbocycles. The predicted octanol–water partition coefficient (Wildman–Crippen LogP) is 2.17. The van der Waals surface area contributed by atoms with E-state index >= 15 is 0 Å². The van der Waals surface area contributed by atoms with Crippen molar-refractivity contribution < 1.29 is 14.3 Å². The summed E-state index contributed by atoms with van der Waals surface area (Å²) in [6.07, 6.45) is 2.09. The van der Waals surface area contributed by atoms with Gasteiger partial charge in [-0.1, -0.05) is 0 Å². The van der Waals surface area contributed by atoms with E-state index in [1.165, 1.54) is 12.8 Å². The molecule has 2 N–H and O–H groups in total. The molecule has 0 radical (unpaired) electrons. The van der Waals surface area contributed by atoms with Gasteiger partial charge in [-0.3, -0.25) is 4.90 Å². The van der Waals surface area contributed by atoms with Gasteiger partial charge in [-0.25, -0.2) is 9.59 Å². The Morgan fingerprint density at radius 1 is 1.30 bits per heavy atom. The lowest BCUT2D eigenvalue weighted by Gasteiger charge is -2.13. The maximum Gasteiger partial charge on any atom is 0.414 e. The van der Waals surface area contributed by atoms with Crippen LogP contribution in [0.2, 0.25) is 0 Å². The third-order valence-electron chi connectivity index (χ3n) is 3.45. The maximum atomic E-state index is 11.6. The van der Waals surface area contributed by atoms with Gasteiger partial charge in [0.05, 0.1) is 6.54 Å². The molecule has 6 nitrogen and oxygen atoms in total. The maximum absolute atomic E-state index is 11.6. The lowest BCUT2D eigenvalue weighted by molar-refractivity contribution is 0.181. The minimum absolute atomic E-state index is 0.190. The van der Waals surface area contributed by atoms with Crippen LogP contribution in [0, 0.1) is 5.92 Å². The van der Waals surface area contributed by atoms with Crippen LogP contribution in [0.4, 0.5) is 21.0 Å². The first-order chi connectivity index (χ1) is 9.72. The number of ether oxygens (including phenoxy) is 1. The molecule has 3 amide bonds. The van der Waals surface area contributed by atoms with Gasteiger partial charge < -0.3 is 15.4 Å². The van der Waals surface area contributed by atoms with Crippen molar-refractivity contribution in [1.29, 1.82) is 0 Å². The molecule has 0 spiro atoms. The average molecular weight is 275 g/mol. The Morgan fingerprint density at radius 2 is 2.05 bits per heavy atom. The summed E-state index contributed by atoms with van der Waals surface area (Å²) in [6, 6.07) is 6.95. The van der Waals surface area contributed by atoms with Crippen molar-refractivity contribution in [3.63, 3.8) is 0 Å². The third kappa shape index (κ3) is 3.01. The highest BCUT2D eigenvalue weighted by Crippen LogP contribution is 2.27. The largest absolute Gasteiger partial charge is 0.447 e. The number of hydrogen-bond acceptors (Lipinski definition) is 3. The summed E-state index contributed by atoms with van der Waals surface area (Å²) in [4.78, 5) is 24.6. The highest BCUT2D eigenvalue weighted by molar-refractivity contribution is 5.91. The Morgan fingerprint density at radius 3 is 2.65 bits per heavy atom. The quantitative estimate of drug-likeness (QED) is 0.884. The molecule has 6 heteroatoms. The van der Waals surface area contributed by atoms with Crippen LogP contribution in [0.3, 0.4) is 0 Å². The summed E-state index contributed by atoms with van der Waals surface area (Å²) >= 11 is 0. The second kappa shape index (κ2) is 5.40. The first kappa shape index (κ1) is 12.8. The molecule has 3 rings (SSSR count). The van der Waals surface area contributed by atoms with E-state index in [2.05, 4.69) is 10.6 Å². The van der Waals surface area contributed by atoms with E-state index in [-0.39, 0.29) is 12.1 Å². The molecule has 1 heterocycles. The molecule has 0 aromatic heterocycles. The van der Waals surface area contributed by atoms with E-state index in [4.69, 9.17) is 4.74 Å². The van der Waals surface area contributed by atoms with E-state index in [9.17, 15) is 9.59 Å². The number of hydrogen-bond donors (Lipinski definition) is 2. The lowest BCUT2D eigenvalue weighted by atomic mass is 10.2. The van der Waals surface area contributed by atoms with E-state index in [1.54, 1.807) is 29.2 Å². The summed E-state index contributed by atoms with van der Waals surface area (Å²) in [5.74, 6) is 0.657. The fraction of sp³-hybridized carbons (Fsp3) is 0.429. The summed E-state index contributed by atoms with van der Waals surface area (Å²) < 4.78 is 4.88. The van der Waals surface area contributed by atoms with Crippen molar-refractivity contribution in [2.24, 2.45) is 5.92 Å². The highest BCUT2D eigenvalue weighted by atomic mass is 16.6. The normalized spacial score (nSPS) is 17.8. The Labute approximate surface area is 117 Å². The van der Waals surface area contributed by atoms with Crippen LogP contribution < -0.4 is 15.5 Å². The summed E-state index contributed by atoms with van der Waals surface area (Å²) in [5.41, 5.74) is 1.48. The van der Waals surface area contributed by atoms with Crippen molar-refractivity contribution in [3.05, 3.63) is 24.3 Å². The number of urea groups is 1. The Hall–Kier alpha value is -2.24. The molecule has 0 atom stereocenters. The molecular formula is C14H17N3O3. The monoisotopic (exact) mass is 275 g/mol. The van der Waals surface area contributed by atoms with Gasteiger partial charge in [0.25, 0.3) is 0 Å². The van der Waals surface area contributed by atoms with Crippen LogP contribution in [0.5, 0.6) is 0 Å². The molecule has 1 aliphatic carbocycles. The van der Waals surface area contributed by atoms with E-state index in [0.717, 1.165) is 12.2 Å². The standard InChI is InChI=1S/C14H17N3O3/c18-13(15-9-10-1-2-10)16-11-3-5-12(6-4-11)17-7-8-20-14(17)19/h3-6,10H,1-2,7-9H2,(H2,15,16,18). The zero-order valence-electron chi connectivity index (χ0n) is 11.1. The third-order valence-corrected chi connectivity index (χ3v) is 3.45. The molecule has 1 aromatic carbocycles. The SMILES string of the molecule is O=C(NCC1CC1)Nc1ccc(N2CCOC2=O)cc1. The van der Waals surface area contributed by atoms with Gasteiger partial charge in [-0.15, -0.1) is 0 Å². The molecule has 2 aliphatic rings. The van der Waals surface area contributed by atoms with E-state index < -0.39 is 0 Å². The number of benzene rings is 1. The fourth-order valence-electron chi connectivity index (χ4n) is 2.09. The van der Waals surface area contributed by atoms with Gasteiger partial charge in [0.1, 0.15) is 6.61 Å². The molecule has 1 aromatic rings. The zero-order valence-corrected chi connectivity index (χ0v) is 11.1. The van der Waals surface area contributed by atoms with Crippen molar-refractivity contribution in [1.82, 2.24) is 5.32 Å². The van der Waals surface area contributed by atoms with Crippen LogP contribution in [-0.4, -0.2) is 31.8 Å². The van der Waals surface area contributed by atoms with E-state index in [1.807, 2.05) is 0 Å². The molecule has 106 valence electrons. The summed E-state index contributed by atoms with van der Waals surface area (Å²) in [7, 11) is 0. The number of amides is 3. The Balaban J connectivity index is 1.55. The lowest BCUT2D eigenvalue weighted by Crippen LogP contribution is -2.30. The smallest absolute Gasteiger partial charge is 0.414 e. The molecule has 1 aliphatic heterocycles. The number of rotatable bonds is 4. The minimum atomic E-state index is -0.326. The van der Waals surface area contributed by atoms with Gasteiger partial charge in [0.2, 0.25) is 0 Å². The molecule has 2 fully saturated rings. The molecular weight excluding hydrogens is 258 g/mol. The van der Waals surface area contributed by atoms with Crippen LogP contribution in [0.15, 0.2) is 24.3 Å². The van der Waals surface area contributed by atoms with Crippen molar-refractivity contribution >= 4 is 23.5 Å². The van der Waals surface area contributed by atoms with Gasteiger partial charge in [-0.2, -0.15) is 0 Å². The van der Waals surface area contributed by atoms with Gasteiger partial charge in [0.15, 0.2) is 0 Å². The number of carbonyl (C=O) groups excluding carboxylic acids is 2. The highest BCUT2D eigenvalue weighted by Gasteiger charge is 2.23. The summed E-state index contributed by atoms with van der Waals surface area (Å²) in [6.45, 7) is 1.72. The van der Waals surface area contributed by atoms with Gasteiger partial charge in [-0.05, 0) is 43.0 Å². The molecule has 20 heavy (non-hydrogen) atoms. The van der Waals surface area contributed by atoms with Crippen LogP contribution in [-0.2, 0) is 4.74 Å². The topological polar surface area (TPSA) is 70.7 Å². The second-order valence-corrected chi connectivity index (χ2v) is 5.09. The second-order valence-electron chi connectivity index (χ2n) is 5.09. The van der Waals surface area contributed by atoms with Crippen molar-refractivity contribution in [2.75, 3.05) is 29.9 Å². The average Bonchev–Trinajstić information content (AvgIpc) is 3.18. The number of nitrogens with one attached hydrogen (secondary N) is 2. The minimum Gasteiger partial charge on any atom is -0.447 e. The number of cyclic esters (lactones) is 1. The molecule has 0 unspecified atom stereocenters. The molecule has 1 saturated heterocycles. The van der Waals surface area contributed by atoms with Crippen LogP contribution >= 0.6 is 0 Å². The number of anilines is 2. The first-order valence-electron chi connectivity index (χ1n) is 6.81.